The molecule has 0 spiro atoms. The quantitative estimate of drug-likeness (QED) is 0.603. The summed E-state index contributed by atoms with van der Waals surface area (Å²) >= 11 is 0. The van der Waals surface area contributed by atoms with Crippen LogP contribution in [0.4, 0.5) is 13.2 Å². The number of hydrogen-bond acceptors (Lipinski definition) is 5. The molecule has 0 radical (unpaired) electrons. The van der Waals surface area contributed by atoms with Crippen LogP contribution in [0.3, 0.4) is 0 Å². The van der Waals surface area contributed by atoms with E-state index < -0.39 is 17.3 Å². The second-order valence-electron chi connectivity index (χ2n) is 6.32. The fraction of sp³-hybridized carbons (Fsp3) is 0.238. The van der Waals surface area contributed by atoms with Crippen molar-refractivity contribution in [3.05, 3.63) is 70.0 Å². The first-order valence-corrected chi connectivity index (χ1v) is 8.81. The van der Waals surface area contributed by atoms with Gasteiger partial charge in [0.2, 0.25) is 0 Å². The van der Waals surface area contributed by atoms with Gasteiger partial charge in [-0.15, -0.1) is 0 Å². The van der Waals surface area contributed by atoms with Crippen molar-refractivity contribution < 1.29 is 27.4 Å². The molecule has 1 aromatic heterocycles. The van der Waals surface area contributed by atoms with Crippen molar-refractivity contribution in [3.63, 3.8) is 0 Å². The molecular weight excluding hydrogens is 401 g/mol. The summed E-state index contributed by atoms with van der Waals surface area (Å²) in [5.74, 6) is 1.34. The second kappa shape index (κ2) is 8.48. The van der Waals surface area contributed by atoms with Gasteiger partial charge in [0.15, 0.2) is 11.5 Å². The minimum atomic E-state index is -4.83. The highest BCUT2D eigenvalue weighted by molar-refractivity contribution is 5.64. The van der Waals surface area contributed by atoms with Crippen LogP contribution in [0, 0.1) is 0 Å². The summed E-state index contributed by atoms with van der Waals surface area (Å²) in [6.45, 7) is -0.132. The van der Waals surface area contributed by atoms with E-state index in [-0.39, 0.29) is 12.2 Å². The molecule has 0 amide bonds. The summed E-state index contributed by atoms with van der Waals surface area (Å²) in [5, 5.41) is 4.16. The third kappa shape index (κ3) is 4.40. The van der Waals surface area contributed by atoms with Crippen molar-refractivity contribution in [1.29, 1.82) is 0 Å². The molecule has 0 N–H and O–H groups in total. The Morgan fingerprint density at radius 3 is 2.13 bits per heavy atom. The van der Waals surface area contributed by atoms with Crippen molar-refractivity contribution in [2.24, 2.45) is 0 Å². The van der Waals surface area contributed by atoms with Crippen LogP contribution in [0.1, 0.15) is 11.1 Å². The van der Waals surface area contributed by atoms with Crippen LogP contribution in [-0.4, -0.2) is 31.1 Å². The molecule has 2 aromatic carbocycles. The van der Waals surface area contributed by atoms with Gasteiger partial charge < -0.3 is 14.2 Å². The lowest BCUT2D eigenvalue weighted by atomic mass is 10.1. The third-order valence-electron chi connectivity index (χ3n) is 4.45. The van der Waals surface area contributed by atoms with Crippen molar-refractivity contribution >= 4 is 0 Å². The Balaban J connectivity index is 2.12. The van der Waals surface area contributed by atoms with Gasteiger partial charge in [0.05, 0.1) is 33.6 Å². The fourth-order valence-electron chi connectivity index (χ4n) is 2.89. The molecule has 0 bridgehead atoms. The van der Waals surface area contributed by atoms with Gasteiger partial charge in [0, 0.05) is 5.56 Å². The Morgan fingerprint density at radius 2 is 1.57 bits per heavy atom. The van der Waals surface area contributed by atoms with Gasteiger partial charge in [-0.1, -0.05) is 12.1 Å². The third-order valence-corrected chi connectivity index (χ3v) is 4.45. The fourth-order valence-corrected chi connectivity index (χ4v) is 2.89. The summed E-state index contributed by atoms with van der Waals surface area (Å²) in [6, 6.07) is 12.0. The zero-order chi connectivity index (χ0) is 21.9. The Bertz CT molecular complexity index is 1090. The molecule has 0 saturated carbocycles. The molecule has 3 aromatic rings. The summed E-state index contributed by atoms with van der Waals surface area (Å²) in [6.07, 6.45) is -4.83. The van der Waals surface area contributed by atoms with Gasteiger partial charge in [-0.25, -0.2) is 4.68 Å². The van der Waals surface area contributed by atoms with Crippen LogP contribution >= 0.6 is 0 Å². The van der Waals surface area contributed by atoms with Gasteiger partial charge >= 0.3 is 6.18 Å². The average Bonchev–Trinajstić information content (AvgIpc) is 2.74. The molecule has 0 unspecified atom stereocenters. The van der Waals surface area contributed by atoms with Crippen LogP contribution in [0.25, 0.3) is 11.3 Å². The molecule has 0 fully saturated rings. The number of alkyl halides is 3. The minimum absolute atomic E-state index is 0.0172. The van der Waals surface area contributed by atoms with E-state index in [1.165, 1.54) is 27.4 Å². The predicted molar refractivity (Wildman–Crippen MR) is 104 cm³/mol. The Labute approximate surface area is 170 Å². The summed E-state index contributed by atoms with van der Waals surface area (Å²) in [5.41, 5.74) is -1.58. The van der Waals surface area contributed by atoms with Gasteiger partial charge in [-0.3, -0.25) is 4.79 Å². The molecule has 0 atom stereocenters. The second-order valence-corrected chi connectivity index (χ2v) is 6.32. The highest BCUT2D eigenvalue weighted by Crippen LogP contribution is 2.33. The van der Waals surface area contributed by atoms with Gasteiger partial charge in [-0.05, 0) is 42.0 Å². The van der Waals surface area contributed by atoms with Crippen molar-refractivity contribution in [1.82, 2.24) is 9.78 Å². The zero-order valence-electron chi connectivity index (χ0n) is 16.5. The smallest absolute Gasteiger partial charge is 0.421 e. The van der Waals surface area contributed by atoms with Crippen molar-refractivity contribution in [2.75, 3.05) is 21.3 Å². The number of ether oxygens (including phenoxy) is 3. The molecular formula is C21H19F3N2O4. The number of rotatable bonds is 6. The highest BCUT2D eigenvalue weighted by atomic mass is 19.4. The zero-order valence-corrected chi connectivity index (χ0v) is 16.5. The molecule has 9 heteroatoms. The van der Waals surface area contributed by atoms with Crippen LogP contribution in [0.2, 0.25) is 0 Å². The summed E-state index contributed by atoms with van der Waals surface area (Å²) in [4.78, 5) is 12.5. The van der Waals surface area contributed by atoms with Gasteiger partial charge in [-0.2, -0.15) is 18.3 Å². The Morgan fingerprint density at radius 1 is 0.900 bits per heavy atom. The van der Waals surface area contributed by atoms with Crippen LogP contribution in [-0.2, 0) is 12.7 Å². The van der Waals surface area contributed by atoms with Gasteiger partial charge in [0.1, 0.15) is 11.3 Å². The van der Waals surface area contributed by atoms with Crippen LogP contribution in [0.15, 0.2) is 53.3 Å². The van der Waals surface area contributed by atoms with E-state index in [1.807, 2.05) is 0 Å². The summed E-state index contributed by atoms with van der Waals surface area (Å²) < 4.78 is 56.8. The maximum atomic E-state index is 13.5. The number of benzene rings is 2. The lowest BCUT2D eigenvalue weighted by molar-refractivity contribution is -0.139. The molecule has 0 aliphatic carbocycles. The van der Waals surface area contributed by atoms with E-state index in [9.17, 15) is 18.0 Å². The minimum Gasteiger partial charge on any atom is -0.497 e. The first-order chi connectivity index (χ1) is 14.3. The lowest BCUT2D eigenvalue weighted by Crippen LogP contribution is -2.31. The molecule has 0 saturated heterocycles. The largest absolute Gasteiger partial charge is 0.497 e. The van der Waals surface area contributed by atoms with E-state index in [0.717, 1.165) is 10.7 Å². The number of nitrogens with zero attached hydrogens (tertiary/aromatic N) is 2. The SMILES string of the molecule is COc1ccc(Cn2nc(-c3ccc(OC)c(OC)c3)cc(C(F)(F)F)c2=O)cc1. The topological polar surface area (TPSA) is 62.6 Å². The highest BCUT2D eigenvalue weighted by Gasteiger charge is 2.35. The van der Waals surface area contributed by atoms with E-state index in [1.54, 1.807) is 36.4 Å². The molecule has 6 nitrogen and oxygen atoms in total. The number of hydrogen-bond donors (Lipinski definition) is 0. The first-order valence-electron chi connectivity index (χ1n) is 8.81. The standard InChI is InChI=1S/C21H19F3N2O4/c1-28-15-7-4-13(5-8-15)12-26-20(27)16(21(22,23)24)11-17(25-26)14-6-9-18(29-2)19(10-14)30-3/h4-11H,12H2,1-3H3. The van der Waals surface area contributed by atoms with Crippen LogP contribution in [0.5, 0.6) is 17.2 Å². The number of aromatic nitrogens is 2. The monoisotopic (exact) mass is 420 g/mol. The number of methoxy groups -OCH3 is 3. The first kappa shape index (κ1) is 21.2. The molecule has 0 aliphatic heterocycles. The van der Waals surface area contributed by atoms with Crippen molar-refractivity contribution in [2.45, 2.75) is 12.7 Å². The Hall–Kier alpha value is -3.49. The maximum Gasteiger partial charge on any atom is 0.421 e. The van der Waals surface area contributed by atoms with E-state index in [0.29, 0.717) is 28.4 Å². The molecule has 158 valence electrons. The van der Waals surface area contributed by atoms with Crippen molar-refractivity contribution in [3.8, 4) is 28.5 Å². The van der Waals surface area contributed by atoms with Gasteiger partial charge in [0.25, 0.3) is 5.56 Å². The summed E-state index contributed by atoms with van der Waals surface area (Å²) in [7, 11) is 4.37. The molecule has 1 heterocycles. The average molecular weight is 420 g/mol. The molecule has 0 aliphatic rings. The maximum absolute atomic E-state index is 13.5. The van der Waals surface area contributed by atoms with E-state index in [2.05, 4.69) is 5.10 Å². The van der Waals surface area contributed by atoms with E-state index >= 15 is 0 Å². The van der Waals surface area contributed by atoms with E-state index in [4.69, 9.17) is 14.2 Å². The molecule has 3 rings (SSSR count). The molecule has 30 heavy (non-hydrogen) atoms. The lowest BCUT2D eigenvalue weighted by Gasteiger charge is -2.14. The normalized spacial score (nSPS) is 11.3. The predicted octanol–water partition coefficient (Wildman–Crippen LogP) is 4.00. The number of halogens is 3. The Kier molecular flexibility index (Phi) is 6.00. The van der Waals surface area contributed by atoms with Crippen LogP contribution < -0.4 is 19.8 Å².